The van der Waals surface area contributed by atoms with Crippen molar-refractivity contribution in [3.05, 3.63) is 106 Å². The van der Waals surface area contributed by atoms with E-state index in [1.54, 1.807) is 0 Å². The molecule has 0 heteroatoms. The average molecular weight is 298 g/mol. The van der Waals surface area contributed by atoms with Crippen LogP contribution in [0.5, 0.6) is 0 Å². The highest BCUT2D eigenvalue weighted by atomic mass is 14.1. The number of benzene rings is 3. The quantitative estimate of drug-likeness (QED) is 0.537. The molecule has 0 unspecified atom stereocenters. The molecule has 0 atom stereocenters. The average Bonchev–Trinajstić information content (AvgIpc) is 2.60. The molecule has 3 aromatic carbocycles. The summed E-state index contributed by atoms with van der Waals surface area (Å²) in [5.74, 6) is 0. The lowest BCUT2D eigenvalue weighted by atomic mass is 9.96. The molecule has 0 spiro atoms. The SMILES string of the molecule is c1cc2cc(c1)CCc1ccc(cc1)Cc1ccc(cc1)CC2. The van der Waals surface area contributed by atoms with E-state index in [-0.39, 0.29) is 0 Å². The van der Waals surface area contributed by atoms with Crippen LogP contribution in [-0.4, -0.2) is 0 Å². The summed E-state index contributed by atoms with van der Waals surface area (Å²) in [6.45, 7) is 0. The minimum atomic E-state index is 1.03. The maximum Gasteiger partial charge on any atom is -0.00258 e. The van der Waals surface area contributed by atoms with Crippen molar-refractivity contribution < 1.29 is 0 Å². The number of fused-ring (bicyclic) bond motifs is 2. The van der Waals surface area contributed by atoms with Gasteiger partial charge in [-0.15, -0.1) is 0 Å². The highest BCUT2D eigenvalue weighted by Gasteiger charge is 2.03. The lowest BCUT2D eigenvalue weighted by Gasteiger charge is -2.09. The van der Waals surface area contributed by atoms with E-state index in [9.17, 15) is 0 Å². The van der Waals surface area contributed by atoms with Crippen LogP contribution in [0.3, 0.4) is 0 Å². The molecule has 0 heterocycles. The van der Waals surface area contributed by atoms with Gasteiger partial charge in [-0.05, 0) is 65.5 Å². The summed E-state index contributed by atoms with van der Waals surface area (Å²) >= 11 is 0. The zero-order valence-electron chi connectivity index (χ0n) is 13.5. The Morgan fingerprint density at radius 3 is 1.26 bits per heavy atom. The molecule has 0 saturated heterocycles. The number of hydrogen-bond donors (Lipinski definition) is 0. The van der Waals surface area contributed by atoms with E-state index in [2.05, 4.69) is 72.8 Å². The van der Waals surface area contributed by atoms with E-state index in [1.165, 1.54) is 33.4 Å². The lowest BCUT2D eigenvalue weighted by molar-refractivity contribution is 0.927. The van der Waals surface area contributed by atoms with Crippen molar-refractivity contribution in [1.29, 1.82) is 0 Å². The molecule has 3 aliphatic rings. The Kier molecular flexibility index (Phi) is 3.98. The summed E-state index contributed by atoms with van der Waals surface area (Å²) in [7, 11) is 0. The summed E-state index contributed by atoms with van der Waals surface area (Å²) in [5.41, 5.74) is 8.57. The summed E-state index contributed by atoms with van der Waals surface area (Å²) < 4.78 is 0. The normalized spacial score (nSPS) is 14.1. The Labute approximate surface area is 138 Å². The molecule has 0 fully saturated rings. The molecule has 23 heavy (non-hydrogen) atoms. The fourth-order valence-electron chi connectivity index (χ4n) is 3.40. The zero-order chi connectivity index (χ0) is 15.5. The van der Waals surface area contributed by atoms with E-state index in [0.717, 1.165) is 32.1 Å². The fourth-order valence-corrected chi connectivity index (χ4v) is 3.40. The molecule has 6 rings (SSSR count). The molecule has 114 valence electrons. The highest BCUT2D eigenvalue weighted by molar-refractivity contribution is 5.32. The molecule has 6 bridgehead atoms. The molecule has 0 aliphatic heterocycles. The summed E-state index contributed by atoms with van der Waals surface area (Å²) in [4.78, 5) is 0. The van der Waals surface area contributed by atoms with E-state index >= 15 is 0 Å². The zero-order valence-corrected chi connectivity index (χ0v) is 13.5. The van der Waals surface area contributed by atoms with Crippen molar-refractivity contribution in [2.24, 2.45) is 0 Å². The highest BCUT2D eigenvalue weighted by Crippen LogP contribution is 2.17. The van der Waals surface area contributed by atoms with Gasteiger partial charge in [0.2, 0.25) is 0 Å². The van der Waals surface area contributed by atoms with Gasteiger partial charge in [-0.2, -0.15) is 0 Å². The van der Waals surface area contributed by atoms with Gasteiger partial charge in [-0.25, -0.2) is 0 Å². The molecule has 0 radical (unpaired) electrons. The summed E-state index contributed by atoms with van der Waals surface area (Å²) in [5, 5.41) is 0. The van der Waals surface area contributed by atoms with Crippen LogP contribution in [0, 0.1) is 0 Å². The predicted molar refractivity (Wildman–Crippen MR) is 96.9 cm³/mol. The van der Waals surface area contributed by atoms with Crippen LogP contribution in [0.4, 0.5) is 0 Å². The third-order valence-corrected chi connectivity index (χ3v) is 4.85. The van der Waals surface area contributed by atoms with Crippen molar-refractivity contribution in [2.75, 3.05) is 0 Å². The Morgan fingerprint density at radius 1 is 0.391 bits per heavy atom. The Balaban J connectivity index is 1.69. The van der Waals surface area contributed by atoms with Gasteiger partial charge in [-0.1, -0.05) is 72.8 Å². The second kappa shape index (κ2) is 6.42. The van der Waals surface area contributed by atoms with Crippen molar-refractivity contribution in [3.63, 3.8) is 0 Å². The van der Waals surface area contributed by atoms with Crippen LogP contribution in [0.1, 0.15) is 33.4 Å². The maximum atomic E-state index is 2.38. The summed E-state index contributed by atoms with van der Waals surface area (Å²) in [6, 6.07) is 27.4. The fraction of sp³-hybridized carbons (Fsp3) is 0.217. The van der Waals surface area contributed by atoms with E-state index in [4.69, 9.17) is 0 Å². The van der Waals surface area contributed by atoms with Gasteiger partial charge in [0.1, 0.15) is 0 Å². The smallest absolute Gasteiger partial charge is 0.00258 e. The monoisotopic (exact) mass is 298 g/mol. The molecule has 3 aliphatic carbocycles. The van der Waals surface area contributed by atoms with E-state index in [0.29, 0.717) is 0 Å². The number of rotatable bonds is 0. The van der Waals surface area contributed by atoms with Gasteiger partial charge in [0.15, 0.2) is 0 Å². The van der Waals surface area contributed by atoms with Crippen LogP contribution in [-0.2, 0) is 32.1 Å². The van der Waals surface area contributed by atoms with Crippen LogP contribution >= 0.6 is 0 Å². The van der Waals surface area contributed by atoms with Gasteiger partial charge in [-0.3, -0.25) is 0 Å². The second-order valence-corrected chi connectivity index (χ2v) is 6.63. The van der Waals surface area contributed by atoms with Crippen LogP contribution in [0.15, 0.2) is 72.8 Å². The third kappa shape index (κ3) is 3.53. The molecule has 0 aromatic heterocycles. The van der Waals surface area contributed by atoms with Gasteiger partial charge in [0.05, 0.1) is 0 Å². The molecular formula is C23H22. The van der Waals surface area contributed by atoms with Crippen molar-refractivity contribution in [1.82, 2.24) is 0 Å². The van der Waals surface area contributed by atoms with Crippen LogP contribution in [0.2, 0.25) is 0 Å². The van der Waals surface area contributed by atoms with Crippen molar-refractivity contribution >= 4 is 0 Å². The van der Waals surface area contributed by atoms with Gasteiger partial charge < -0.3 is 0 Å². The van der Waals surface area contributed by atoms with E-state index < -0.39 is 0 Å². The minimum absolute atomic E-state index is 1.03. The molecule has 3 aromatic rings. The first-order chi connectivity index (χ1) is 11.3. The molecule has 0 N–H and O–H groups in total. The Bertz CT molecular complexity index is 714. The van der Waals surface area contributed by atoms with E-state index in [1.807, 2.05) is 0 Å². The van der Waals surface area contributed by atoms with Crippen molar-refractivity contribution in [3.8, 4) is 0 Å². The van der Waals surface area contributed by atoms with Crippen molar-refractivity contribution in [2.45, 2.75) is 32.1 Å². The molecule has 0 amide bonds. The number of hydrogen-bond acceptors (Lipinski definition) is 0. The Hall–Kier alpha value is -2.34. The van der Waals surface area contributed by atoms with Crippen LogP contribution < -0.4 is 0 Å². The lowest BCUT2D eigenvalue weighted by Crippen LogP contribution is -1.97. The first kappa shape index (κ1) is 14.3. The molecule has 0 nitrogen and oxygen atoms in total. The predicted octanol–water partition coefficient (Wildman–Crippen LogP) is 5.16. The summed E-state index contributed by atoms with van der Waals surface area (Å²) in [6.07, 6.45) is 5.52. The first-order valence-corrected chi connectivity index (χ1v) is 8.59. The maximum absolute atomic E-state index is 2.38. The standard InChI is InChI=1S/C23H22/c1-2-20-10-4-18-6-12-22(13-7-18)17-23-14-8-19(9-15-23)5-11-21(3-1)16-20/h1-3,6-9,12-16H,4-5,10-11,17H2. The van der Waals surface area contributed by atoms with Gasteiger partial charge in [0, 0.05) is 0 Å². The van der Waals surface area contributed by atoms with Crippen LogP contribution in [0.25, 0.3) is 0 Å². The van der Waals surface area contributed by atoms with Gasteiger partial charge in [0.25, 0.3) is 0 Å². The second-order valence-electron chi connectivity index (χ2n) is 6.63. The Morgan fingerprint density at radius 2 is 0.783 bits per heavy atom. The topological polar surface area (TPSA) is 0 Å². The first-order valence-electron chi connectivity index (χ1n) is 8.59. The number of aryl methyl sites for hydroxylation is 4. The molecular weight excluding hydrogens is 276 g/mol. The molecule has 0 saturated carbocycles. The van der Waals surface area contributed by atoms with Gasteiger partial charge >= 0.3 is 0 Å². The third-order valence-electron chi connectivity index (χ3n) is 4.85. The largest absolute Gasteiger partial charge is 0.0617 e. The minimum Gasteiger partial charge on any atom is -0.0617 e.